The minimum absolute atomic E-state index is 0. The van der Waals surface area contributed by atoms with Crippen molar-refractivity contribution >= 4 is 41.3 Å². The smallest absolute Gasteiger partial charge is 0.294 e. The highest BCUT2D eigenvalue weighted by Gasteiger charge is 2.28. The molecule has 27 heavy (non-hydrogen) atoms. The molecule has 0 saturated carbocycles. The van der Waals surface area contributed by atoms with Crippen LogP contribution in [0.1, 0.15) is 11.9 Å². The van der Waals surface area contributed by atoms with Crippen molar-refractivity contribution in [3.8, 4) is 0 Å². The van der Waals surface area contributed by atoms with Crippen molar-refractivity contribution in [2.24, 2.45) is 7.05 Å². The van der Waals surface area contributed by atoms with Gasteiger partial charge in [0.05, 0.1) is 17.5 Å². The number of aromatic nitrogens is 2. The molecule has 0 radical (unpaired) electrons. The second kappa shape index (κ2) is 9.14. The van der Waals surface area contributed by atoms with Gasteiger partial charge in [0.1, 0.15) is 11.5 Å². The highest BCUT2D eigenvalue weighted by molar-refractivity contribution is 6.31. The van der Waals surface area contributed by atoms with Crippen LogP contribution in [0.25, 0.3) is 0 Å². The third-order valence-corrected chi connectivity index (χ3v) is 4.52. The fourth-order valence-corrected chi connectivity index (χ4v) is 3.19. The van der Waals surface area contributed by atoms with E-state index in [-0.39, 0.29) is 47.3 Å². The SMILES string of the molecule is Cl.Cn1ccnc1C1CNCCN1CC(=O)Nc1ccc(Cl)cc1[N+](=O)[O-]. The minimum Gasteiger partial charge on any atom is -0.337 e. The number of hydrogen-bond donors (Lipinski definition) is 2. The maximum atomic E-state index is 12.5. The molecule has 3 rings (SSSR count). The molecule has 1 aromatic heterocycles. The third-order valence-electron chi connectivity index (χ3n) is 4.29. The Morgan fingerprint density at radius 1 is 1.52 bits per heavy atom. The van der Waals surface area contributed by atoms with Crippen LogP contribution >= 0.6 is 24.0 Å². The van der Waals surface area contributed by atoms with Crippen LogP contribution in [0, 0.1) is 10.1 Å². The molecule has 1 amide bonds. The number of imidazole rings is 1. The zero-order chi connectivity index (χ0) is 18.7. The summed E-state index contributed by atoms with van der Waals surface area (Å²) in [5, 5.41) is 17.3. The Labute approximate surface area is 167 Å². The van der Waals surface area contributed by atoms with Crippen molar-refractivity contribution in [2.75, 3.05) is 31.5 Å². The topological polar surface area (TPSA) is 105 Å². The lowest BCUT2D eigenvalue weighted by atomic mass is 10.1. The number of carbonyl (C=O) groups excluding carboxylic acids is 1. The second-order valence-electron chi connectivity index (χ2n) is 6.05. The van der Waals surface area contributed by atoms with Crippen molar-refractivity contribution < 1.29 is 9.72 Å². The van der Waals surface area contributed by atoms with Crippen LogP contribution in [0.3, 0.4) is 0 Å². The molecule has 1 atom stereocenters. The van der Waals surface area contributed by atoms with E-state index in [9.17, 15) is 14.9 Å². The van der Waals surface area contributed by atoms with E-state index in [1.54, 1.807) is 6.20 Å². The van der Waals surface area contributed by atoms with Gasteiger partial charge >= 0.3 is 0 Å². The van der Waals surface area contributed by atoms with E-state index in [1.165, 1.54) is 18.2 Å². The van der Waals surface area contributed by atoms with E-state index >= 15 is 0 Å². The Morgan fingerprint density at radius 3 is 2.96 bits per heavy atom. The summed E-state index contributed by atoms with van der Waals surface area (Å²) >= 11 is 5.80. The first-order chi connectivity index (χ1) is 12.5. The van der Waals surface area contributed by atoms with E-state index in [2.05, 4.69) is 15.6 Å². The molecule has 1 fully saturated rings. The Kier molecular flexibility index (Phi) is 7.14. The number of nitro benzene ring substituents is 1. The van der Waals surface area contributed by atoms with Crippen LogP contribution in [0.15, 0.2) is 30.6 Å². The number of nitro groups is 1. The number of halogens is 2. The van der Waals surface area contributed by atoms with Gasteiger partial charge in [0, 0.05) is 50.2 Å². The fourth-order valence-electron chi connectivity index (χ4n) is 3.02. The van der Waals surface area contributed by atoms with Gasteiger partial charge in [-0.1, -0.05) is 11.6 Å². The van der Waals surface area contributed by atoms with Gasteiger partial charge in [-0.05, 0) is 12.1 Å². The normalized spacial score (nSPS) is 17.2. The molecule has 1 aromatic carbocycles. The molecule has 11 heteroatoms. The number of anilines is 1. The predicted octanol–water partition coefficient (Wildman–Crippen LogP) is 1.99. The molecule has 9 nitrogen and oxygen atoms in total. The number of hydrogen-bond acceptors (Lipinski definition) is 6. The zero-order valence-corrected chi connectivity index (χ0v) is 16.2. The number of benzene rings is 1. The van der Waals surface area contributed by atoms with Crippen molar-refractivity contribution in [2.45, 2.75) is 6.04 Å². The number of nitrogens with zero attached hydrogens (tertiary/aromatic N) is 4. The first-order valence-electron chi connectivity index (χ1n) is 8.11. The molecule has 2 aromatic rings. The van der Waals surface area contributed by atoms with Gasteiger partial charge in [-0.15, -0.1) is 12.4 Å². The van der Waals surface area contributed by atoms with E-state index < -0.39 is 4.92 Å². The van der Waals surface area contributed by atoms with Crippen LogP contribution in [0.5, 0.6) is 0 Å². The molecule has 0 aliphatic carbocycles. The minimum atomic E-state index is -0.566. The average Bonchev–Trinajstić information content (AvgIpc) is 3.02. The Morgan fingerprint density at radius 2 is 2.30 bits per heavy atom. The first kappa shape index (κ1) is 21.1. The monoisotopic (exact) mass is 414 g/mol. The van der Waals surface area contributed by atoms with Gasteiger partial charge < -0.3 is 15.2 Å². The molecule has 1 unspecified atom stereocenters. The van der Waals surface area contributed by atoms with Crippen LogP contribution in [0.4, 0.5) is 11.4 Å². The lowest BCUT2D eigenvalue weighted by Crippen LogP contribution is -2.49. The molecule has 2 heterocycles. The summed E-state index contributed by atoms with van der Waals surface area (Å²) in [4.78, 5) is 29.5. The molecule has 1 saturated heterocycles. The van der Waals surface area contributed by atoms with Gasteiger partial charge in [-0.25, -0.2) is 4.98 Å². The quantitative estimate of drug-likeness (QED) is 0.572. The van der Waals surface area contributed by atoms with Gasteiger partial charge in [0.25, 0.3) is 5.69 Å². The van der Waals surface area contributed by atoms with E-state index in [0.29, 0.717) is 13.1 Å². The van der Waals surface area contributed by atoms with Gasteiger partial charge in [0.15, 0.2) is 0 Å². The van der Waals surface area contributed by atoms with Crippen molar-refractivity contribution in [1.82, 2.24) is 19.8 Å². The molecule has 0 bridgehead atoms. The summed E-state index contributed by atoms with van der Waals surface area (Å²) in [6.45, 7) is 2.22. The number of piperazine rings is 1. The van der Waals surface area contributed by atoms with Crippen LogP contribution in [-0.4, -0.2) is 51.5 Å². The van der Waals surface area contributed by atoms with E-state index in [4.69, 9.17) is 11.6 Å². The van der Waals surface area contributed by atoms with Crippen molar-refractivity contribution in [3.05, 3.63) is 51.6 Å². The summed E-state index contributed by atoms with van der Waals surface area (Å²) in [7, 11) is 1.91. The predicted molar refractivity (Wildman–Crippen MR) is 104 cm³/mol. The Hall–Kier alpha value is -2.20. The van der Waals surface area contributed by atoms with Crippen molar-refractivity contribution in [1.29, 1.82) is 0 Å². The van der Waals surface area contributed by atoms with E-state index in [1.807, 2.05) is 22.7 Å². The first-order valence-corrected chi connectivity index (χ1v) is 8.49. The van der Waals surface area contributed by atoms with Gasteiger partial charge in [-0.3, -0.25) is 19.8 Å². The standard InChI is InChI=1S/C16H19ClN6O3.ClH/c1-21-6-5-19-16(21)14-9-18-4-7-22(14)10-15(24)20-12-3-2-11(17)8-13(12)23(25)26;/h2-3,5-6,8,14,18H,4,7,9-10H2,1H3,(H,20,24);1H. The lowest BCUT2D eigenvalue weighted by molar-refractivity contribution is -0.383. The molecule has 1 aliphatic rings. The number of aryl methyl sites for hydroxylation is 1. The molecule has 1 aliphatic heterocycles. The van der Waals surface area contributed by atoms with Crippen LogP contribution < -0.4 is 10.6 Å². The number of nitrogens with one attached hydrogen (secondary N) is 2. The number of carbonyl (C=O) groups is 1. The van der Waals surface area contributed by atoms with Crippen LogP contribution in [-0.2, 0) is 11.8 Å². The molecular weight excluding hydrogens is 395 g/mol. The molecule has 2 N–H and O–H groups in total. The summed E-state index contributed by atoms with van der Waals surface area (Å²) in [6, 6.07) is 4.12. The average molecular weight is 415 g/mol. The second-order valence-corrected chi connectivity index (χ2v) is 6.49. The Balaban J connectivity index is 0.00000261. The molecule has 0 spiro atoms. The third kappa shape index (κ3) is 4.95. The highest BCUT2D eigenvalue weighted by atomic mass is 35.5. The summed E-state index contributed by atoms with van der Waals surface area (Å²) in [5.74, 6) is 0.541. The highest BCUT2D eigenvalue weighted by Crippen LogP contribution is 2.28. The largest absolute Gasteiger partial charge is 0.337 e. The lowest BCUT2D eigenvalue weighted by Gasteiger charge is -2.35. The van der Waals surface area contributed by atoms with Crippen LogP contribution in [0.2, 0.25) is 5.02 Å². The fraction of sp³-hybridized carbons (Fsp3) is 0.375. The van der Waals surface area contributed by atoms with Crippen molar-refractivity contribution in [3.63, 3.8) is 0 Å². The van der Waals surface area contributed by atoms with Gasteiger partial charge in [0.2, 0.25) is 5.91 Å². The summed E-state index contributed by atoms with van der Waals surface area (Å²) in [5.41, 5.74) is -0.0973. The summed E-state index contributed by atoms with van der Waals surface area (Å²) in [6.07, 6.45) is 3.58. The number of rotatable bonds is 5. The molecular formula is C16H20Cl2N6O3. The Bertz CT molecular complexity index is 828. The zero-order valence-electron chi connectivity index (χ0n) is 14.6. The maximum Gasteiger partial charge on any atom is 0.294 e. The maximum absolute atomic E-state index is 12.5. The summed E-state index contributed by atoms with van der Waals surface area (Å²) < 4.78 is 1.92. The van der Waals surface area contributed by atoms with Gasteiger partial charge in [-0.2, -0.15) is 0 Å². The number of amides is 1. The van der Waals surface area contributed by atoms with E-state index in [0.717, 1.165) is 12.4 Å². The molecule has 146 valence electrons.